The van der Waals surface area contributed by atoms with Gasteiger partial charge in [0.1, 0.15) is 11.6 Å². The average molecular weight is 494 g/mol. The number of guanidine groups is 1. The molecule has 2 N–H and O–H groups in total. The molecule has 0 aliphatic carbocycles. The molecule has 0 aliphatic heterocycles. The molecule has 1 aromatic heterocycles. The number of hydrogen-bond acceptors (Lipinski definition) is 3. The van der Waals surface area contributed by atoms with E-state index in [-0.39, 0.29) is 29.8 Å². The van der Waals surface area contributed by atoms with Crippen LogP contribution in [0.25, 0.3) is 0 Å². The van der Waals surface area contributed by atoms with E-state index in [9.17, 15) is 4.39 Å². The van der Waals surface area contributed by atoms with Crippen molar-refractivity contribution >= 4 is 29.9 Å². The molecular formula is C20H24FIN6. The molecular weight excluding hydrogens is 470 g/mol. The molecule has 28 heavy (non-hydrogen) atoms. The van der Waals surface area contributed by atoms with Gasteiger partial charge in [-0.2, -0.15) is 0 Å². The van der Waals surface area contributed by atoms with Crippen LogP contribution in [0.15, 0.2) is 59.6 Å². The van der Waals surface area contributed by atoms with Crippen molar-refractivity contribution in [3.8, 4) is 0 Å². The molecule has 0 amide bonds. The molecule has 1 heterocycles. The first kappa shape index (κ1) is 21.8. The van der Waals surface area contributed by atoms with Gasteiger partial charge in [0.25, 0.3) is 0 Å². The quantitative estimate of drug-likeness (QED) is 0.314. The number of nitrogens with one attached hydrogen (secondary N) is 2. The van der Waals surface area contributed by atoms with Crippen molar-refractivity contribution in [1.82, 2.24) is 25.4 Å². The molecule has 6 nitrogen and oxygen atoms in total. The monoisotopic (exact) mass is 494 g/mol. The van der Waals surface area contributed by atoms with Crippen LogP contribution in [-0.2, 0) is 26.7 Å². The summed E-state index contributed by atoms with van der Waals surface area (Å²) in [6, 6.07) is 16.4. The van der Waals surface area contributed by atoms with E-state index in [1.54, 1.807) is 12.1 Å². The van der Waals surface area contributed by atoms with Crippen LogP contribution in [0.4, 0.5) is 4.39 Å². The van der Waals surface area contributed by atoms with Crippen LogP contribution in [-0.4, -0.2) is 20.7 Å². The maximum atomic E-state index is 13.1. The Morgan fingerprint density at radius 1 is 0.964 bits per heavy atom. The summed E-state index contributed by atoms with van der Waals surface area (Å²) >= 11 is 0. The van der Waals surface area contributed by atoms with E-state index in [0.29, 0.717) is 25.6 Å². The van der Waals surface area contributed by atoms with E-state index in [1.165, 1.54) is 12.1 Å². The zero-order valence-electron chi connectivity index (χ0n) is 15.9. The molecule has 0 bridgehead atoms. The molecule has 3 aromatic rings. The first-order valence-corrected chi connectivity index (χ1v) is 8.77. The van der Waals surface area contributed by atoms with E-state index in [4.69, 9.17) is 0 Å². The molecule has 0 atom stereocenters. The van der Waals surface area contributed by atoms with Crippen LogP contribution in [0.1, 0.15) is 22.8 Å². The normalized spacial score (nSPS) is 11.0. The number of nitrogens with zero attached hydrogens (tertiary/aromatic N) is 4. The molecule has 0 unspecified atom stereocenters. The van der Waals surface area contributed by atoms with Crippen molar-refractivity contribution in [2.75, 3.05) is 0 Å². The summed E-state index contributed by atoms with van der Waals surface area (Å²) < 4.78 is 15.0. The average Bonchev–Trinajstić information content (AvgIpc) is 3.01. The van der Waals surface area contributed by atoms with Gasteiger partial charge in [0.2, 0.25) is 0 Å². The zero-order chi connectivity index (χ0) is 19.1. The maximum Gasteiger partial charge on any atom is 0.192 e. The largest absolute Gasteiger partial charge is 0.352 e. The Morgan fingerprint density at radius 3 is 2.29 bits per heavy atom. The number of hydrogen-bond donors (Lipinski definition) is 2. The second kappa shape index (κ2) is 10.7. The van der Waals surface area contributed by atoms with E-state index in [0.717, 1.165) is 22.8 Å². The Hall–Kier alpha value is -2.49. The first-order valence-electron chi connectivity index (χ1n) is 8.77. The second-order valence-electron chi connectivity index (χ2n) is 6.21. The fourth-order valence-electron chi connectivity index (χ4n) is 2.48. The number of halogens is 2. The molecule has 0 radical (unpaired) electrons. The van der Waals surface area contributed by atoms with Gasteiger partial charge in [-0.05, 0) is 30.2 Å². The van der Waals surface area contributed by atoms with E-state index in [2.05, 4.69) is 25.8 Å². The summed E-state index contributed by atoms with van der Waals surface area (Å²) in [7, 11) is 1.93. The Morgan fingerprint density at radius 2 is 1.64 bits per heavy atom. The molecule has 8 heteroatoms. The number of aryl methyl sites for hydroxylation is 1. The van der Waals surface area contributed by atoms with Gasteiger partial charge in [-0.25, -0.2) is 9.38 Å². The highest BCUT2D eigenvalue weighted by molar-refractivity contribution is 14.0. The van der Waals surface area contributed by atoms with Gasteiger partial charge in [0.05, 0.1) is 13.1 Å². The van der Waals surface area contributed by atoms with Crippen LogP contribution in [0.3, 0.4) is 0 Å². The van der Waals surface area contributed by atoms with Gasteiger partial charge in [0, 0.05) is 13.6 Å². The van der Waals surface area contributed by atoms with Gasteiger partial charge < -0.3 is 15.2 Å². The maximum absolute atomic E-state index is 13.1. The third-order valence-corrected chi connectivity index (χ3v) is 4.23. The molecule has 148 valence electrons. The lowest BCUT2D eigenvalue weighted by Crippen LogP contribution is -2.37. The molecule has 3 rings (SSSR count). The van der Waals surface area contributed by atoms with Gasteiger partial charge in [0.15, 0.2) is 11.8 Å². The van der Waals surface area contributed by atoms with Crippen LogP contribution in [0.5, 0.6) is 0 Å². The van der Waals surface area contributed by atoms with Crippen LogP contribution >= 0.6 is 24.0 Å². The summed E-state index contributed by atoms with van der Waals surface area (Å²) in [6.07, 6.45) is 0. The summed E-state index contributed by atoms with van der Waals surface area (Å²) in [5, 5.41) is 14.8. The van der Waals surface area contributed by atoms with Gasteiger partial charge >= 0.3 is 0 Å². The van der Waals surface area contributed by atoms with E-state index < -0.39 is 0 Å². The standard InChI is InChI=1S/C20H23FN6.HI/c1-15-25-26-19(27(15)2)14-24-20(22-12-16-6-4-3-5-7-16)23-13-17-8-10-18(21)11-9-17;/h3-11H,12-14H2,1-2H3,(H2,22,23,24);1H. The predicted molar refractivity (Wildman–Crippen MR) is 119 cm³/mol. The van der Waals surface area contributed by atoms with Crippen LogP contribution < -0.4 is 10.6 Å². The Bertz CT molecular complexity index is 893. The van der Waals surface area contributed by atoms with Crippen molar-refractivity contribution in [2.45, 2.75) is 26.6 Å². The van der Waals surface area contributed by atoms with Crippen molar-refractivity contribution in [1.29, 1.82) is 0 Å². The topological polar surface area (TPSA) is 67.1 Å². The van der Waals surface area contributed by atoms with Crippen molar-refractivity contribution in [3.05, 3.63) is 83.2 Å². The number of aromatic nitrogens is 3. The highest BCUT2D eigenvalue weighted by Gasteiger charge is 2.06. The third kappa shape index (κ3) is 6.29. The molecule has 0 aliphatic rings. The summed E-state index contributed by atoms with van der Waals surface area (Å²) in [5.74, 6) is 2.09. The smallest absolute Gasteiger partial charge is 0.192 e. The molecule has 0 spiro atoms. The highest BCUT2D eigenvalue weighted by atomic mass is 127. The summed E-state index contributed by atoms with van der Waals surface area (Å²) in [6.45, 7) is 3.51. The van der Waals surface area contributed by atoms with E-state index >= 15 is 0 Å². The minimum atomic E-state index is -0.243. The number of benzene rings is 2. The fourth-order valence-corrected chi connectivity index (χ4v) is 2.48. The Labute approximate surface area is 181 Å². The number of aliphatic imine (C=N–C) groups is 1. The van der Waals surface area contributed by atoms with Crippen molar-refractivity contribution in [2.24, 2.45) is 12.0 Å². The Kier molecular flexibility index (Phi) is 8.37. The van der Waals surface area contributed by atoms with Crippen molar-refractivity contribution < 1.29 is 4.39 Å². The van der Waals surface area contributed by atoms with Crippen molar-refractivity contribution in [3.63, 3.8) is 0 Å². The fraction of sp³-hybridized carbons (Fsp3) is 0.250. The van der Waals surface area contributed by atoms with E-state index in [1.807, 2.05) is 48.9 Å². The van der Waals surface area contributed by atoms with Crippen LogP contribution in [0, 0.1) is 12.7 Å². The lowest BCUT2D eigenvalue weighted by atomic mass is 10.2. The lowest BCUT2D eigenvalue weighted by molar-refractivity contribution is 0.626. The van der Waals surface area contributed by atoms with Gasteiger partial charge in [-0.3, -0.25) is 0 Å². The molecule has 2 aromatic carbocycles. The minimum absolute atomic E-state index is 0. The Balaban J connectivity index is 0.00000280. The first-order chi connectivity index (χ1) is 13.1. The van der Waals surface area contributed by atoms with Gasteiger partial charge in [-0.15, -0.1) is 34.2 Å². The summed E-state index contributed by atoms with van der Waals surface area (Å²) in [5.41, 5.74) is 2.09. The summed E-state index contributed by atoms with van der Waals surface area (Å²) in [4.78, 5) is 4.64. The van der Waals surface area contributed by atoms with Gasteiger partial charge in [-0.1, -0.05) is 42.5 Å². The molecule has 0 saturated heterocycles. The molecule has 0 fully saturated rings. The predicted octanol–water partition coefficient (Wildman–Crippen LogP) is 3.32. The van der Waals surface area contributed by atoms with Crippen LogP contribution in [0.2, 0.25) is 0 Å². The lowest BCUT2D eigenvalue weighted by Gasteiger charge is -2.13. The number of rotatable bonds is 6. The minimum Gasteiger partial charge on any atom is -0.352 e. The SMILES string of the molecule is Cc1nnc(CNC(=NCc2ccccc2)NCc2ccc(F)cc2)n1C.I. The highest BCUT2D eigenvalue weighted by Crippen LogP contribution is 2.03. The second-order valence-corrected chi connectivity index (χ2v) is 6.21. The zero-order valence-corrected chi connectivity index (χ0v) is 18.2. The third-order valence-electron chi connectivity index (χ3n) is 4.23. The molecule has 0 saturated carbocycles.